The van der Waals surface area contributed by atoms with Crippen molar-refractivity contribution in [3.05, 3.63) is 64.5 Å². The van der Waals surface area contributed by atoms with E-state index in [1.807, 2.05) is 43.3 Å². The normalized spacial score (nSPS) is 10.8. The molecule has 6 nitrogen and oxygen atoms in total. The summed E-state index contributed by atoms with van der Waals surface area (Å²) >= 11 is 1.30. The number of anilines is 2. The van der Waals surface area contributed by atoms with E-state index in [0.29, 0.717) is 27.0 Å². The smallest absolute Gasteiger partial charge is 0.346 e. The molecule has 4 aromatic rings. The van der Waals surface area contributed by atoms with Gasteiger partial charge < -0.3 is 14.5 Å². The van der Waals surface area contributed by atoms with Crippen molar-refractivity contribution in [2.75, 3.05) is 12.4 Å². The van der Waals surface area contributed by atoms with E-state index < -0.39 is 5.63 Å². The summed E-state index contributed by atoms with van der Waals surface area (Å²) in [6.45, 7) is 2.01. The zero-order chi connectivity index (χ0) is 18.1. The molecule has 0 spiro atoms. The zero-order valence-corrected chi connectivity index (χ0v) is 15.0. The van der Waals surface area contributed by atoms with E-state index in [4.69, 9.17) is 9.15 Å². The molecule has 0 saturated carbocycles. The second-order valence-corrected chi connectivity index (χ2v) is 6.68. The summed E-state index contributed by atoms with van der Waals surface area (Å²) in [7, 11) is 1.57. The van der Waals surface area contributed by atoms with Gasteiger partial charge in [0.15, 0.2) is 5.01 Å². The molecule has 0 saturated heterocycles. The molecule has 0 unspecified atom stereocenters. The Bertz CT molecular complexity index is 1150. The SMILES string of the molecule is COc1ccc2cc(-c3nnc(Nc4ccccc4C)s3)c(=O)oc2c1. The lowest BCUT2D eigenvalue weighted by atomic mass is 10.2. The predicted octanol–water partition coefficient (Wildman–Crippen LogP) is 4.37. The maximum atomic E-state index is 12.4. The van der Waals surface area contributed by atoms with E-state index in [0.717, 1.165) is 16.6 Å². The average molecular weight is 365 g/mol. The topological polar surface area (TPSA) is 77.3 Å². The van der Waals surface area contributed by atoms with Crippen molar-refractivity contribution in [1.82, 2.24) is 10.2 Å². The van der Waals surface area contributed by atoms with Crippen molar-refractivity contribution in [3.8, 4) is 16.3 Å². The van der Waals surface area contributed by atoms with Gasteiger partial charge in [-0.2, -0.15) is 0 Å². The molecule has 0 aliphatic rings. The van der Waals surface area contributed by atoms with Crippen molar-refractivity contribution in [2.24, 2.45) is 0 Å². The standard InChI is InChI=1S/C19H15N3O3S/c1-11-5-3-4-6-15(11)20-19-22-21-17(26-19)14-9-12-7-8-13(24-2)10-16(12)25-18(14)23/h3-10H,1-2H3,(H,20,22). The van der Waals surface area contributed by atoms with E-state index in [9.17, 15) is 4.79 Å². The molecular formula is C19H15N3O3S. The minimum Gasteiger partial charge on any atom is -0.497 e. The minimum absolute atomic E-state index is 0.387. The molecule has 0 radical (unpaired) electrons. The number of nitrogens with zero attached hydrogens (tertiary/aromatic N) is 2. The van der Waals surface area contributed by atoms with Crippen LogP contribution in [-0.4, -0.2) is 17.3 Å². The number of nitrogens with one attached hydrogen (secondary N) is 1. The highest BCUT2D eigenvalue weighted by Gasteiger charge is 2.14. The van der Waals surface area contributed by atoms with Gasteiger partial charge in [-0.25, -0.2) is 4.79 Å². The minimum atomic E-state index is -0.454. The van der Waals surface area contributed by atoms with Gasteiger partial charge in [-0.15, -0.1) is 10.2 Å². The van der Waals surface area contributed by atoms with Gasteiger partial charge in [-0.05, 0) is 36.8 Å². The Labute approximate surface area is 153 Å². The summed E-state index contributed by atoms with van der Waals surface area (Å²) in [6, 6.07) is 15.0. The summed E-state index contributed by atoms with van der Waals surface area (Å²) in [5.74, 6) is 0.633. The zero-order valence-electron chi connectivity index (χ0n) is 14.1. The van der Waals surface area contributed by atoms with Gasteiger partial charge in [-0.1, -0.05) is 29.5 Å². The van der Waals surface area contributed by atoms with Crippen LogP contribution in [0.2, 0.25) is 0 Å². The van der Waals surface area contributed by atoms with E-state index >= 15 is 0 Å². The number of hydrogen-bond donors (Lipinski definition) is 1. The van der Waals surface area contributed by atoms with Gasteiger partial charge in [0, 0.05) is 17.1 Å². The molecule has 2 aromatic heterocycles. The van der Waals surface area contributed by atoms with E-state index in [1.165, 1.54) is 11.3 Å². The molecule has 130 valence electrons. The Hall–Kier alpha value is -3.19. The van der Waals surface area contributed by atoms with Crippen molar-refractivity contribution in [3.63, 3.8) is 0 Å². The third-order valence-electron chi connectivity index (χ3n) is 3.99. The average Bonchev–Trinajstić information content (AvgIpc) is 3.11. The second kappa shape index (κ2) is 6.61. The van der Waals surface area contributed by atoms with Crippen LogP contribution >= 0.6 is 11.3 Å². The van der Waals surface area contributed by atoms with Crippen LogP contribution in [0.15, 0.2) is 57.7 Å². The number of aromatic nitrogens is 2. The molecule has 4 rings (SSSR count). The fourth-order valence-electron chi connectivity index (χ4n) is 2.58. The summed E-state index contributed by atoms with van der Waals surface area (Å²) in [4.78, 5) is 12.4. The molecule has 7 heteroatoms. The third kappa shape index (κ3) is 3.04. The first kappa shape index (κ1) is 16.3. The van der Waals surface area contributed by atoms with Gasteiger partial charge >= 0.3 is 5.63 Å². The molecule has 0 atom stereocenters. The molecule has 0 amide bonds. The number of hydrogen-bond acceptors (Lipinski definition) is 7. The van der Waals surface area contributed by atoms with Crippen LogP contribution in [0.3, 0.4) is 0 Å². The summed E-state index contributed by atoms with van der Waals surface area (Å²) in [5.41, 5.74) is 2.46. The number of ether oxygens (including phenoxy) is 1. The summed E-state index contributed by atoms with van der Waals surface area (Å²) in [5, 5.41) is 13.4. The predicted molar refractivity (Wildman–Crippen MR) is 102 cm³/mol. The van der Waals surface area contributed by atoms with Gasteiger partial charge in [0.2, 0.25) is 5.13 Å². The van der Waals surface area contributed by atoms with Crippen molar-refractivity contribution < 1.29 is 9.15 Å². The first-order valence-corrected chi connectivity index (χ1v) is 8.74. The monoisotopic (exact) mass is 365 g/mol. The van der Waals surface area contributed by atoms with E-state index in [2.05, 4.69) is 15.5 Å². The molecule has 26 heavy (non-hydrogen) atoms. The highest BCUT2D eigenvalue weighted by atomic mass is 32.1. The van der Waals surface area contributed by atoms with Crippen LogP contribution in [0.1, 0.15) is 5.56 Å². The molecular weight excluding hydrogens is 350 g/mol. The molecule has 0 bridgehead atoms. The quantitative estimate of drug-likeness (QED) is 0.541. The van der Waals surface area contributed by atoms with Gasteiger partial charge in [0.1, 0.15) is 11.3 Å². The van der Waals surface area contributed by atoms with Crippen molar-refractivity contribution >= 4 is 33.1 Å². The fourth-order valence-corrected chi connectivity index (χ4v) is 3.34. The van der Waals surface area contributed by atoms with Gasteiger partial charge in [0.05, 0.1) is 12.7 Å². The maximum absolute atomic E-state index is 12.4. The van der Waals surface area contributed by atoms with Crippen molar-refractivity contribution in [1.29, 1.82) is 0 Å². The number of methoxy groups -OCH3 is 1. The molecule has 2 aromatic carbocycles. The Morgan fingerprint density at radius 2 is 1.96 bits per heavy atom. The highest BCUT2D eigenvalue weighted by Crippen LogP contribution is 2.29. The lowest BCUT2D eigenvalue weighted by Gasteiger charge is -2.04. The largest absolute Gasteiger partial charge is 0.497 e. The summed E-state index contributed by atoms with van der Waals surface area (Å²) in [6.07, 6.45) is 0. The second-order valence-electron chi connectivity index (χ2n) is 5.70. The van der Waals surface area contributed by atoms with Gasteiger partial charge in [-0.3, -0.25) is 0 Å². The first-order chi connectivity index (χ1) is 12.6. The van der Waals surface area contributed by atoms with Gasteiger partial charge in [0.25, 0.3) is 0 Å². The van der Waals surface area contributed by atoms with Crippen LogP contribution in [0, 0.1) is 6.92 Å². The number of aryl methyl sites for hydroxylation is 1. The lowest BCUT2D eigenvalue weighted by molar-refractivity contribution is 0.414. The van der Waals surface area contributed by atoms with Crippen LogP contribution in [0.25, 0.3) is 21.5 Å². The Morgan fingerprint density at radius 3 is 2.77 bits per heavy atom. The number of rotatable bonds is 4. The fraction of sp³-hybridized carbons (Fsp3) is 0.105. The van der Waals surface area contributed by atoms with Crippen LogP contribution in [0.5, 0.6) is 5.75 Å². The van der Waals surface area contributed by atoms with Crippen LogP contribution in [-0.2, 0) is 0 Å². The Morgan fingerprint density at radius 1 is 1.12 bits per heavy atom. The number of para-hydroxylation sites is 1. The Kier molecular flexibility index (Phi) is 4.14. The van der Waals surface area contributed by atoms with E-state index in [-0.39, 0.29) is 0 Å². The van der Waals surface area contributed by atoms with Crippen LogP contribution in [0.4, 0.5) is 10.8 Å². The van der Waals surface area contributed by atoms with E-state index in [1.54, 1.807) is 19.2 Å². The highest BCUT2D eigenvalue weighted by molar-refractivity contribution is 7.18. The molecule has 0 aliphatic heterocycles. The summed E-state index contributed by atoms with van der Waals surface area (Å²) < 4.78 is 10.6. The maximum Gasteiger partial charge on any atom is 0.346 e. The first-order valence-electron chi connectivity index (χ1n) is 7.92. The molecule has 0 fully saturated rings. The lowest BCUT2D eigenvalue weighted by Crippen LogP contribution is -2.02. The molecule has 1 N–H and O–H groups in total. The Balaban J connectivity index is 1.70. The number of benzene rings is 2. The molecule has 2 heterocycles. The molecule has 0 aliphatic carbocycles. The van der Waals surface area contributed by atoms with Crippen LogP contribution < -0.4 is 15.7 Å². The van der Waals surface area contributed by atoms with Crippen molar-refractivity contribution in [2.45, 2.75) is 6.92 Å². The number of fused-ring (bicyclic) bond motifs is 1. The third-order valence-corrected chi connectivity index (χ3v) is 4.86.